The minimum atomic E-state index is -3.61. The number of nitrogens with zero attached hydrogens (tertiary/aromatic N) is 2. The maximum Gasteiger partial charge on any atom is 0.243 e. The zero-order chi connectivity index (χ0) is 18.7. The minimum absolute atomic E-state index is 0. The van der Waals surface area contributed by atoms with E-state index in [2.05, 4.69) is 5.32 Å². The molecule has 1 aromatic rings. The summed E-state index contributed by atoms with van der Waals surface area (Å²) in [4.78, 5) is 0.240. The first-order valence-corrected chi connectivity index (χ1v) is 11.4. The second-order valence-electron chi connectivity index (χ2n) is 6.05. The Bertz CT molecular complexity index is 778. The lowest BCUT2D eigenvalue weighted by molar-refractivity contribution is 0.293. The summed E-state index contributed by atoms with van der Waals surface area (Å²) in [5.74, 6) is 0. The van der Waals surface area contributed by atoms with Crippen molar-refractivity contribution in [1.82, 2.24) is 13.9 Å². The predicted octanol–water partition coefficient (Wildman–Crippen LogP) is 1.51. The smallest absolute Gasteiger partial charge is 0.243 e. The monoisotopic (exact) mass is 425 g/mol. The first-order chi connectivity index (χ1) is 11.8. The second-order valence-corrected chi connectivity index (χ2v) is 9.93. The van der Waals surface area contributed by atoms with E-state index in [0.29, 0.717) is 26.2 Å². The van der Waals surface area contributed by atoms with Gasteiger partial charge in [0.15, 0.2) is 0 Å². The Balaban J connectivity index is 0.00000338. The molecule has 0 bridgehead atoms. The molecule has 0 spiro atoms. The number of nitrogens with one attached hydrogen (secondary N) is 1. The zero-order valence-corrected chi connectivity index (χ0v) is 17.8. The first-order valence-electron chi connectivity index (χ1n) is 8.55. The van der Waals surface area contributed by atoms with E-state index in [1.54, 1.807) is 13.8 Å². The highest BCUT2D eigenvalue weighted by atomic mass is 35.5. The fraction of sp³-hybridized carbons (Fsp3) is 0.625. The van der Waals surface area contributed by atoms with Gasteiger partial charge in [0.1, 0.15) is 0 Å². The van der Waals surface area contributed by atoms with Crippen LogP contribution in [0.25, 0.3) is 0 Å². The Morgan fingerprint density at radius 3 is 2.12 bits per heavy atom. The first kappa shape index (κ1) is 23.3. The van der Waals surface area contributed by atoms with E-state index in [4.69, 9.17) is 0 Å². The third-order valence-electron chi connectivity index (χ3n) is 4.60. The molecular formula is C16H28ClN3O4S2. The van der Waals surface area contributed by atoms with Crippen molar-refractivity contribution in [1.29, 1.82) is 0 Å². The Kier molecular flexibility index (Phi) is 8.50. The lowest BCUT2D eigenvalue weighted by Crippen LogP contribution is -2.46. The maximum absolute atomic E-state index is 12.8. The van der Waals surface area contributed by atoms with Crippen LogP contribution in [0.1, 0.15) is 26.7 Å². The maximum atomic E-state index is 12.8. The lowest BCUT2D eigenvalue weighted by Gasteiger charge is -2.31. The van der Waals surface area contributed by atoms with Crippen LogP contribution in [-0.2, 0) is 20.0 Å². The molecule has 26 heavy (non-hydrogen) atoms. The molecule has 0 radical (unpaired) electrons. The van der Waals surface area contributed by atoms with Crippen LogP contribution >= 0.6 is 12.4 Å². The van der Waals surface area contributed by atoms with Crippen molar-refractivity contribution >= 4 is 32.5 Å². The van der Waals surface area contributed by atoms with Crippen LogP contribution in [0.5, 0.6) is 0 Å². The molecule has 1 N–H and O–H groups in total. The van der Waals surface area contributed by atoms with Gasteiger partial charge in [-0.15, -0.1) is 12.4 Å². The fourth-order valence-corrected chi connectivity index (χ4v) is 6.02. The van der Waals surface area contributed by atoms with Crippen molar-refractivity contribution in [2.45, 2.75) is 42.5 Å². The van der Waals surface area contributed by atoms with Crippen LogP contribution in [0.3, 0.4) is 0 Å². The molecule has 0 aromatic heterocycles. The molecule has 10 heteroatoms. The molecule has 1 heterocycles. The fourth-order valence-electron chi connectivity index (χ4n) is 3.04. The number of benzene rings is 1. The van der Waals surface area contributed by atoms with Gasteiger partial charge in [-0.3, -0.25) is 0 Å². The third-order valence-corrected chi connectivity index (χ3v) is 8.54. The van der Waals surface area contributed by atoms with Gasteiger partial charge in [-0.2, -0.15) is 8.61 Å². The molecule has 1 unspecified atom stereocenters. The van der Waals surface area contributed by atoms with Gasteiger partial charge in [0.25, 0.3) is 0 Å². The Morgan fingerprint density at radius 2 is 1.62 bits per heavy atom. The average molecular weight is 426 g/mol. The van der Waals surface area contributed by atoms with E-state index in [1.807, 2.05) is 7.05 Å². The molecule has 2 rings (SSSR count). The van der Waals surface area contributed by atoms with Crippen LogP contribution in [0.15, 0.2) is 34.1 Å². The van der Waals surface area contributed by atoms with Gasteiger partial charge in [0.05, 0.1) is 9.79 Å². The van der Waals surface area contributed by atoms with Crippen molar-refractivity contribution in [3.05, 3.63) is 24.3 Å². The topological polar surface area (TPSA) is 86.8 Å². The van der Waals surface area contributed by atoms with E-state index < -0.39 is 20.0 Å². The summed E-state index contributed by atoms with van der Waals surface area (Å²) in [6.45, 7) is 5.21. The molecule has 0 aliphatic carbocycles. The third kappa shape index (κ3) is 4.76. The van der Waals surface area contributed by atoms with Gasteiger partial charge in [-0.25, -0.2) is 16.8 Å². The van der Waals surface area contributed by atoms with Crippen molar-refractivity contribution in [2.24, 2.45) is 0 Å². The van der Waals surface area contributed by atoms with E-state index in [-0.39, 0.29) is 28.2 Å². The number of halogens is 1. The van der Waals surface area contributed by atoms with Crippen LogP contribution in [-0.4, -0.2) is 64.7 Å². The van der Waals surface area contributed by atoms with Crippen molar-refractivity contribution in [3.8, 4) is 0 Å². The molecule has 0 saturated carbocycles. The average Bonchev–Trinajstić information content (AvgIpc) is 2.62. The molecule has 1 aliphatic rings. The Hall–Kier alpha value is -0.710. The van der Waals surface area contributed by atoms with Crippen molar-refractivity contribution in [3.63, 3.8) is 0 Å². The Labute approximate surface area is 163 Å². The minimum Gasteiger partial charge on any atom is -0.316 e. The van der Waals surface area contributed by atoms with E-state index in [0.717, 1.165) is 12.8 Å². The van der Waals surface area contributed by atoms with Gasteiger partial charge in [-0.1, -0.05) is 13.8 Å². The van der Waals surface area contributed by atoms with Crippen LogP contribution in [0, 0.1) is 0 Å². The van der Waals surface area contributed by atoms with E-state index in [9.17, 15) is 16.8 Å². The van der Waals surface area contributed by atoms with Gasteiger partial charge < -0.3 is 5.32 Å². The standard InChI is InChI=1S/C16H27N3O4S2.ClH/c1-4-18(5-2)24(20,21)15-8-10-16(11-9-15)25(22,23)19-12-6-7-14(13-19)17-3;/h8-11,14,17H,4-7,12-13H2,1-3H3;1H. The lowest BCUT2D eigenvalue weighted by atomic mass is 10.1. The molecule has 1 atom stereocenters. The van der Waals surface area contributed by atoms with E-state index >= 15 is 0 Å². The molecule has 0 amide bonds. The second kappa shape index (κ2) is 9.48. The number of hydrogen-bond donors (Lipinski definition) is 1. The van der Waals surface area contributed by atoms with Gasteiger partial charge in [-0.05, 0) is 44.2 Å². The van der Waals surface area contributed by atoms with Gasteiger partial charge in [0, 0.05) is 32.2 Å². The summed E-state index contributed by atoms with van der Waals surface area (Å²) < 4.78 is 53.4. The number of likely N-dealkylation sites (N-methyl/N-ethyl adjacent to an activating group) is 1. The molecule has 1 saturated heterocycles. The van der Waals surface area contributed by atoms with Crippen molar-refractivity contribution in [2.75, 3.05) is 33.2 Å². The predicted molar refractivity (Wildman–Crippen MR) is 105 cm³/mol. The molecule has 1 aliphatic heterocycles. The zero-order valence-electron chi connectivity index (χ0n) is 15.4. The summed E-state index contributed by atoms with van der Waals surface area (Å²) >= 11 is 0. The molecule has 1 aromatic carbocycles. The summed E-state index contributed by atoms with van der Waals surface area (Å²) in [5, 5.41) is 3.12. The highest BCUT2D eigenvalue weighted by molar-refractivity contribution is 7.89. The van der Waals surface area contributed by atoms with Crippen LogP contribution < -0.4 is 5.32 Å². The van der Waals surface area contributed by atoms with Crippen LogP contribution in [0.2, 0.25) is 0 Å². The summed E-state index contributed by atoms with van der Waals surface area (Å²) in [6.07, 6.45) is 1.75. The quantitative estimate of drug-likeness (QED) is 0.715. The molecule has 150 valence electrons. The molecular weight excluding hydrogens is 398 g/mol. The summed E-state index contributed by atoms with van der Waals surface area (Å²) in [6, 6.07) is 5.66. The molecule has 7 nitrogen and oxygen atoms in total. The number of piperidine rings is 1. The highest BCUT2D eigenvalue weighted by Gasteiger charge is 2.30. The summed E-state index contributed by atoms with van der Waals surface area (Å²) in [5.41, 5.74) is 0. The Morgan fingerprint density at radius 1 is 1.08 bits per heavy atom. The van der Waals surface area contributed by atoms with Crippen molar-refractivity contribution < 1.29 is 16.8 Å². The largest absolute Gasteiger partial charge is 0.316 e. The number of rotatable bonds is 7. The SMILES string of the molecule is CCN(CC)S(=O)(=O)c1ccc(S(=O)(=O)N2CCCC(NC)C2)cc1.Cl. The van der Waals surface area contributed by atoms with Crippen LogP contribution in [0.4, 0.5) is 0 Å². The van der Waals surface area contributed by atoms with Gasteiger partial charge in [0.2, 0.25) is 20.0 Å². The summed E-state index contributed by atoms with van der Waals surface area (Å²) in [7, 11) is -5.37. The number of hydrogen-bond acceptors (Lipinski definition) is 5. The highest BCUT2D eigenvalue weighted by Crippen LogP contribution is 2.23. The normalized spacial score (nSPS) is 19.3. The van der Waals surface area contributed by atoms with Gasteiger partial charge >= 0.3 is 0 Å². The number of sulfonamides is 2. The van der Waals surface area contributed by atoms with E-state index in [1.165, 1.54) is 32.9 Å². The molecule has 1 fully saturated rings.